The summed E-state index contributed by atoms with van der Waals surface area (Å²) in [5.74, 6) is 0.928. The van der Waals surface area contributed by atoms with Crippen molar-refractivity contribution in [1.82, 2.24) is 15.5 Å². The first-order valence-corrected chi connectivity index (χ1v) is 8.41. The van der Waals surface area contributed by atoms with Crippen LogP contribution >= 0.6 is 0 Å². The molecule has 0 saturated carbocycles. The molecule has 3 aliphatic rings. The van der Waals surface area contributed by atoms with Gasteiger partial charge in [0, 0.05) is 44.6 Å². The zero-order valence-electron chi connectivity index (χ0n) is 12.9. The number of piperidine rings is 2. The summed E-state index contributed by atoms with van der Waals surface area (Å²) >= 11 is 0. The number of nitrogens with one attached hydrogen (secondary N) is 2. The lowest BCUT2D eigenvalue weighted by molar-refractivity contribution is -0.133. The molecule has 5 heteroatoms. The van der Waals surface area contributed by atoms with Gasteiger partial charge in [0.15, 0.2) is 0 Å². The Morgan fingerprint density at radius 3 is 2.29 bits per heavy atom. The van der Waals surface area contributed by atoms with Crippen LogP contribution < -0.4 is 10.6 Å². The zero-order valence-corrected chi connectivity index (χ0v) is 12.9. The Hall–Kier alpha value is -1.10. The number of amides is 2. The van der Waals surface area contributed by atoms with Crippen LogP contribution in [0.25, 0.3) is 0 Å². The van der Waals surface area contributed by atoms with Gasteiger partial charge in [0.2, 0.25) is 11.8 Å². The highest BCUT2D eigenvalue weighted by Crippen LogP contribution is 2.33. The predicted octanol–water partition coefficient (Wildman–Crippen LogP) is 1.03. The van der Waals surface area contributed by atoms with Crippen LogP contribution in [-0.4, -0.2) is 47.9 Å². The monoisotopic (exact) mass is 293 g/mol. The maximum Gasteiger partial charge on any atom is 0.222 e. The summed E-state index contributed by atoms with van der Waals surface area (Å²) in [6, 6.07) is 1.57. The van der Waals surface area contributed by atoms with E-state index in [4.69, 9.17) is 0 Å². The Kier molecular flexibility index (Phi) is 4.48. The summed E-state index contributed by atoms with van der Waals surface area (Å²) < 4.78 is 0. The van der Waals surface area contributed by atoms with Crippen molar-refractivity contribution in [2.24, 2.45) is 5.92 Å². The van der Waals surface area contributed by atoms with Gasteiger partial charge in [-0.2, -0.15) is 0 Å². The number of carbonyl (C=O) groups excluding carboxylic acids is 2. The van der Waals surface area contributed by atoms with Crippen molar-refractivity contribution in [3.8, 4) is 0 Å². The minimum atomic E-state index is 0.0324. The molecular weight excluding hydrogens is 266 g/mol. The smallest absolute Gasteiger partial charge is 0.222 e. The number of carbonyl (C=O) groups is 2. The van der Waals surface area contributed by atoms with E-state index < -0.39 is 0 Å². The van der Waals surface area contributed by atoms with E-state index in [-0.39, 0.29) is 11.9 Å². The van der Waals surface area contributed by atoms with Gasteiger partial charge in [-0.15, -0.1) is 0 Å². The number of nitrogens with zero attached hydrogens (tertiary/aromatic N) is 1. The van der Waals surface area contributed by atoms with Gasteiger partial charge in [-0.25, -0.2) is 0 Å². The molecule has 2 amide bonds. The van der Waals surface area contributed by atoms with Gasteiger partial charge in [-0.1, -0.05) is 0 Å². The van der Waals surface area contributed by atoms with Crippen molar-refractivity contribution in [2.45, 2.75) is 70.0 Å². The molecular formula is C16H27N3O2. The SMILES string of the molecule is CC(=O)NC1CCN(C(=O)CC2CC3CCC(C2)N3)CC1. The molecule has 2 atom stereocenters. The lowest BCUT2D eigenvalue weighted by Crippen LogP contribution is -2.47. The van der Waals surface area contributed by atoms with E-state index in [9.17, 15) is 9.59 Å². The topological polar surface area (TPSA) is 61.4 Å². The molecule has 5 nitrogen and oxygen atoms in total. The molecule has 0 aliphatic carbocycles. The first-order chi connectivity index (χ1) is 10.1. The second-order valence-electron chi connectivity index (χ2n) is 7.04. The lowest BCUT2D eigenvalue weighted by Gasteiger charge is -2.34. The summed E-state index contributed by atoms with van der Waals surface area (Å²) in [6.45, 7) is 3.14. The average molecular weight is 293 g/mol. The van der Waals surface area contributed by atoms with Crippen LogP contribution in [0.5, 0.6) is 0 Å². The summed E-state index contributed by atoms with van der Waals surface area (Å²) in [5, 5.41) is 6.59. The van der Waals surface area contributed by atoms with Crippen molar-refractivity contribution in [2.75, 3.05) is 13.1 Å². The molecule has 0 aromatic carbocycles. The van der Waals surface area contributed by atoms with Gasteiger partial charge in [0.1, 0.15) is 0 Å². The lowest BCUT2D eigenvalue weighted by atomic mass is 9.89. The molecule has 3 aliphatic heterocycles. The summed E-state index contributed by atoms with van der Waals surface area (Å²) in [6.07, 6.45) is 7.43. The molecule has 0 spiro atoms. The quantitative estimate of drug-likeness (QED) is 0.817. The predicted molar refractivity (Wildman–Crippen MR) is 80.7 cm³/mol. The van der Waals surface area contributed by atoms with Crippen LogP contribution in [-0.2, 0) is 9.59 Å². The van der Waals surface area contributed by atoms with Crippen LogP contribution in [0.2, 0.25) is 0 Å². The first kappa shape index (κ1) is 14.8. The summed E-state index contributed by atoms with van der Waals surface area (Å²) in [4.78, 5) is 25.5. The third-order valence-electron chi connectivity index (χ3n) is 5.29. The molecule has 21 heavy (non-hydrogen) atoms. The molecule has 3 heterocycles. The molecule has 3 saturated heterocycles. The van der Waals surface area contributed by atoms with E-state index in [0.717, 1.165) is 32.4 Å². The Balaban J connectivity index is 1.43. The number of hydrogen-bond donors (Lipinski definition) is 2. The van der Waals surface area contributed by atoms with Crippen LogP contribution in [0, 0.1) is 5.92 Å². The van der Waals surface area contributed by atoms with Crippen LogP contribution in [0.1, 0.15) is 51.9 Å². The fraction of sp³-hybridized carbons (Fsp3) is 0.875. The molecule has 118 valence electrons. The maximum absolute atomic E-state index is 12.4. The molecule has 0 radical (unpaired) electrons. The number of hydrogen-bond acceptors (Lipinski definition) is 3. The Labute approximate surface area is 126 Å². The van der Waals surface area contributed by atoms with Crippen molar-refractivity contribution in [1.29, 1.82) is 0 Å². The van der Waals surface area contributed by atoms with E-state index in [1.807, 2.05) is 4.90 Å². The second-order valence-corrected chi connectivity index (χ2v) is 7.04. The highest BCUT2D eigenvalue weighted by Gasteiger charge is 2.35. The Morgan fingerprint density at radius 1 is 1.10 bits per heavy atom. The standard InChI is InChI=1S/C16H27N3O2/c1-11(20)17-13-4-6-19(7-5-13)16(21)10-12-8-14-2-3-15(9-12)18-14/h12-15,18H,2-10H2,1H3,(H,17,20). The Morgan fingerprint density at radius 2 is 1.71 bits per heavy atom. The molecule has 0 aromatic rings. The molecule has 2 bridgehead atoms. The molecule has 2 unspecified atom stereocenters. The Bertz CT molecular complexity index is 392. The van der Waals surface area contributed by atoms with Crippen molar-refractivity contribution in [3.05, 3.63) is 0 Å². The van der Waals surface area contributed by atoms with Crippen molar-refractivity contribution < 1.29 is 9.59 Å². The van der Waals surface area contributed by atoms with E-state index in [1.54, 1.807) is 6.92 Å². The minimum absolute atomic E-state index is 0.0324. The second kappa shape index (κ2) is 6.34. The summed E-state index contributed by atoms with van der Waals surface area (Å²) in [5.41, 5.74) is 0. The zero-order chi connectivity index (χ0) is 14.8. The van der Waals surface area contributed by atoms with Crippen LogP contribution in [0.15, 0.2) is 0 Å². The van der Waals surface area contributed by atoms with E-state index in [0.29, 0.717) is 23.9 Å². The molecule has 2 N–H and O–H groups in total. The van der Waals surface area contributed by atoms with Gasteiger partial charge in [0.25, 0.3) is 0 Å². The van der Waals surface area contributed by atoms with E-state index in [2.05, 4.69) is 10.6 Å². The van der Waals surface area contributed by atoms with E-state index in [1.165, 1.54) is 25.7 Å². The third kappa shape index (κ3) is 3.76. The van der Waals surface area contributed by atoms with Crippen molar-refractivity contribution in [3.63, 3.8) is 0 Å². The number of likely N-dealkylation sites (tertiary alicyclic amines) is 1. The van der Waals surface area contributed by atoms with Crippen LogP contribution in [0.4, 0.5) is 0 Å². The van der Waals surface area contributed by atoms with Gasteiger partial charge in [-0.3, -0.25) is 9.59 Å². The average Bonchev–Trinajstić information content (AvgIpc) is 2.78. The fourth-order valence-electron chi connectivity index (χ4n) is 4.28. The largest absolute Gasteiger partial charge is 0.353 e. The van der Waals surface area contributed by atoms with Gasteiger partial charge in [0.05, 0.1) is 0 Å². The number of fused-ring (bicyclic) bond motifs is 2. The first-order valence-electron chi connectivity index (χ1n) is 8.41. The molecule has 0 aromatic heterocycles. The highest BCUT2D eigenvalue weighted by molar-refractivity contribution is 5.76. The van der Waals surface area contributed by atoms with Gasteiger partial charge >= 0.3 is 0 Å². The van der Waals surface area contributed by atoms with Crippen LogP contribution in [0.3, 0.4) is 0 Å². The third-order valence-corrected chi connectivity index (χ3v) is 5.29. The fourth-order valence-corrected chi connectivity index (χ4v) is 4.28. The summed E-state index contributed by atoms with van der Waals surface area (Å²) in [7, 11) is 0. The van der Waals surface area contributed by atoms with Gasteiger partial charge < -0.3 is 15.5 Å². The number of rotatable bonds is 3. The molecule has 3 rings (SSSR count). The maximum atomic E-state index is 12.4. The van der Waals surface area contributed by atoms with E-state index >= 15 is 0 Å². The highest BCUT2D eigenvalue weighted by atomic mass is 16.2. The normalized spacial score (nSPS) is 33.0. The molecule has 3 fully saturated rings. The minimum Gasteiger partial charge on any atom is -0.353 e. The van der Waals surface area contributed by atoms with Gasteiger partial charge in [-0.05, 0) is 44.4 Å². The van der Waals surface area contributed by atoms with Crippen molar-refractivity contribution >= 4 is 11.8 Å².